The maximum absolute atomic E-state index is 13.5. The summed E-state index contributed by atoms with van der Waals surface area (Å²) in [7, 11) is 0. The van der Waals surface area contributed by atoms with Crippen LogP contribution < -0.4 is 5.32 Å². The lowest BCUT2D eigenvalue weighted by molar-refractivity contribution is -0.131. The van der Waals surface area contributed by atoms with Crippen molar-refractivity contribution in [1.82, 2.24) is 0 Å². The summed E-state index contributed by atoms with van der Waals surface area (Å²) in [6, 6.07) is 16.3. The van der Waals surface area contributed by atoms with E-state index in [0.717, 1.165) is 65.2 Å². The van der Waals surface area contributed by atoms with E-state index < -0.39 is 11.6 Å². The van der Waals surface area contributed by atoms with E-state index in [1.165, 1.54) is 5.56 Å². The fourth-order valence-corrected chi connectivity index (χ4v) is 7.31. The Kier molecular flexibility index (Phi) is 4.28. The lowest BCUT2D eigenvalue weighted by Crippen LogP contribution is -2.35. The molecule has 2 aliphatic heterocycles. The zero-order chi connectivity index (χ0) is 24.8. The van der Waals surface area contributed by atoms with Gasteiger partial charge in [0.2, 0.25) is 11.6 Å². The Morgan fingerprint density at radius 3 is 2.25 bits per heavy atom. The van der Waals surface area contributed by atoms with E-state index in [-0.39, 0.29) is 27.7 Å². The molecule has 1 fully saturated rings. The summed E-state index contributed by atoms with van der Waals surface area (Å²) in [5.74, 6) is -1.36. The highest BCUT2D eigenvalue weighted by Gasteiger charge is 2.50. The monoisotopic (exact) mass is 476 g/mol. The largest absolute Gasteiger partial charge is 0.506 e. The fraction of sp³-hybridized carbons (Fsp3) is 0.323. The van der Waals surface area contributed by atoms with Crippen LogP contribution in [0.25, 0.3) is 0 Å². The molecule has 36 heavy (non-hydrogen) atoms. The summed E-state index contributed by atoms with van der Waals surface area (Å²) in [5, 5.41) is 15.1. The van der Waals surface area contributed by atoms with Gasteiger partial charge in [-0.2, -0.15) is 0 Å². The number of anilines is 1. The van der Waals surface area contributed by atoms with Crippen molar-refractivity contribution in [3.63, 3.8) is 0 Å². The predicted octanol–water partition coefficient (Wildman–Crippen LogP) is 6.30. The second kappa shape index (κ2) is 7.16. The van der Waals surface area contributed by atoms with Gasteiger partial charge in [0.25, 0.3) is 0 Å². The van der Waals surface area contributed by atoms with E-state index in [4.69, 9.17) is 4.99 Å². The summed E-state index contributed by atoms with van der Waals surface area (Å²) in [4.78, 5) is 32.0. The number of ketones is 2. The number of nitrogens with zero attached hydrogens (tertiary/aromatic N) is 1. The third-order valence-corrected chi connectivity index (χ3v) is 9.12. The number of Topliss-reactive ketones (excluding diaryl/α,β-unsaturated/α-hetero) is 2. The van der Waals surface area contributed by atoms with Gasteiger partial charge < -0.3 is 10.4 Å². The molecule has 2 N–H and O–H groups in total. The van der Waals surface area contributed by atoms with E-state index in [9.17, 15) is 14.7 Å². The number of hydrogen-bond acceptors (Lipinski definition) is 5. The van der Waals surface area contributed by atoms with Crippen LogP contribution in [0.5, 0.6) is 0 Å². The summed E-state index contributed by atoms with van der Waals surface area (Å²) < 4.78 is 0. The van der Waals surface area contributed by atoms with Crippen LogP contribution in [0.15, 0.2) is 87.3 Å². The Morgan fingerprint density at radius 2 is 1.44 bits per heavy atom. The Balaban J connectivity index is 1.42. The molecule has 5 aliphatic rings. The number of aliphatic hydroxyl groups is 1. The molecule has 2 heterocycles. The second-order valence-electron chi connectivity index (χ2n) is 11.1. The number of fused-ring (bicyclic) bond motifs is 6. The van der Waals surface area contributed by atoms with E-state index in [1.54, 1.807) is 0 Å². The first-order valence-corrected chi connectivity index (χ1v) is 12.9. The van der Waals surface area contributed by atoms with Crippen LogP contribution in [0.1, 0.15) is 63.5 Å². The fourth-order valence-electron chi connectivity index (χ4n) is 7.31. The van der Waals surface area contributed by atoms with Crippen molar-refractivity contribution in [3.05, 3.63) is 93.4 Å². The van der Waals surface area contributed by atoms with Gasteiger partial charge in [0.15, 0.2) is 0 Å². The molecule has 180 valence electrons. The molecule has 1 saturated carbocycles. The van der Waals surface area contributed by atoms with Gasteiger partial charge in [-0.05, 0) is 86.8 Å². The first-order valence-electron chi connectivity index (χ1n) is 12.9. The molecular formula is C31H28N2O3. The van der Waals surface area contributed by atoms with Crippen LogP contribution in [0, 0.1) is 0 Å². The van der Waals surface area contributed by atoms with Crippen molar-refractivity contribution >= 4 is 28.7 Å². The number of allylic oxidation sites excluding steroid dienone is 5. The number of aliphatic imine (C=N–C) groups is 1. The maximum atomic E-state index is 13.5. The number of nitrogens with one attached hydrogen (secondary N) is 1. The van der Waals surface area contributed by atoms with E-state index >= 15 is 0 Å². The molecule has 3 aliphatic carbocycles. The topological polar surface area (TPSA) is 78.8 Å². The van der Waals surface area contributed by atoms with Crippen molar-refractivity contribution in [2.75, 3.05) is 5.32 Å². The Hall–Kier alpha value is -3.73. The zero-order valence-electron chi connectivity index (χ0n) is 20.6. The Bertz CT molecular complexity index is 1540. The number of hydrogen-bond donors (Lipinski definition) is 2. The standard InChI is InChI=1S/C31H28N2O3/c1-30-15-7-9-17(28(30)32-21-13-5-3-11-19(21)30)23-25(34)24(27(36)26(23)35)18-10-8-16-31(2)20-12-4-6-14-22(20)33-29(18)31/h3-6,11-14,32,34H,7-10,15-16H2,1-2H3/b24-18-. The molecule has 2 atom stereocenters. The van der Waals surface area contributed by atoms with Gasteiger partial charge in [-0.1, -0.05) is 36.4 Å². The van der Waals surface area contributed by atoms with E-state index in [1.807, 2.05) is 36.4 Å². The molecule has 0 bridgehead atoms. The molecule has 0 amide bonds. The van der Waals surface area contributed by atoms with Gasteiger partial charge in [-0.3, -0.25) is 14.6 Å². The number of benzene rings is 2. The minimum absolute atomic E-state index is 0.160. The van der Waals surface area contributed by atoms with Crippen molar-refractivity contribution in [2.45, 2.75) is 63.2 Å². The van der Waals surface area contributed by atoms with Crippen LogP contribution in [0.2, 0.25) is 0 Å². The highest BCUT2D eigenvalue weighted by atomic mass is 16.3. The van der Waals surface area contributed by atoms with Gasteiger partial charge in [0.1, 0.15) is 5.76 Å². The van der Waals surface area contributed by atoms with Gasteiger partial charge in [-0.15, -0.1) is 0 Å². The smallest absolute Gasteiger partial charge is 0.237 e. The third kappa shape index (κ3) is 2.58. The van der Waals surface area contributed by atoms with Crippen LogP contribution in [-0.2, 0) is 20.4 Å². The molecule has 2 unspecified atom stereocenters. The summed E-state index contributed by atoms with van der Waals surface area (Å²) >= 11 is 0. The molecule has 0 saturated heterocycles. The van der Waals surface area contributed by atoms with Crippen LogP contribution in [-0.4, -0.2) is 22.4 Å². The quantitative estimate of drug-likeness (QED) is 0.374. The highest BCUT2D eigenvalue weighted by Crippen LogP contribution is 2.54. The van der Waals surface area contributed by atoms with Gasteiger partial charge in [0, 0.05) is 22.2 Å². The molecule has 2 aromatic rings. The lowest BCUT2D eigenvalue weighted by atomic mass is 9.68. The van der Waals surface area contributed by atoms with Crippen molar-refractivity contribution in [1.29, 1.82) is 0 Å². The molecule has 0 aromatic heterocycles. The zero-order valence-corrected chi connectivity index (χ0v) is 20.6. The van der Waals surface area contributed by atoms with Crippen LogP contribution in [0.3, 0.4) is 0 Å². The average Bonchev–Trinajstić information content (AvgIpc) is 3.44. The number of carbonyl (C=O) groups excluding carboxylic acids is 2. The van der Waals surface area contributed by atoms with Gasteiger partial charge in [-0.25, -0.2) is 0 Å². The number of carbonyl (C=O) groups is 2. The minimum atomic E-state index is -0.601. The summed E-state index contributed by atoms with van der Waals surface area (Å²) in [6.07, 6.45) is 4.91. The Morgan fingerprint density at radius 1 is 0.806 bits per heavy atom. The first kappa shape index (κ1) is 21.5. The van der Waals surface area contributed by atoms with Gasteiger partial charge >= 0.3 is 0 Å². The molecule has 2 aromatic carbocycles. The third-order valence-electron chi connectivity index (χ3n) is 9.12. The number of para-hydroxylation sites is 2. The van der Waals surface area contributed by atoms with E-state index in [0.29, 0.717) is 12.8 Å². The summed E-state index contributed by atoms with van der Waals surface area (Å²) in [5.41, 5.74) is 7.37. The van der Waals surface area contributed by atoms with Gasteiger partial charge in [0.05, 0.1) is 22.5 Å². The SMILES string of the molecule is CC12CCC/C(=C3/C(=O)C(=O)C(C4=C5Nc6ccccc6C5(C)CCC4)=C3O)C1=Nc1ccccc12. The number of aliphatic hydroxyl groups excluding tert-OH is 1. The molecule has 0 spiro atoms. The summed E-state index contributed by atoms with van der Waals surface area (Å²) in [6.45, 7) is 4.35. The average molecular weight is 477 g/mol. The normalized spacial score (nSPS) is 30.7. The molecule has 0 radical (unpaired) electrons. The molecule has 5 heteroatoms. The molecule has 7 rings (SSSR count). The van der Waals surface area contributed by atoms with Crippen molar-refractivity contribution in [2.24, 2.45) is 4.99 Å². The minimum Gasteiger partial charge on any atom is -0.506 e. The molecule has 5 nitrogen and oxygen atoms in total. The Labute approximate surface area is 210 Å². The molecular weight excluding hydrogens is 448 g/mol. The van der Waals surface area contributed by atoms with E-state index in [2.05, 4.69) is 31.3 Å². The first-order chi connectivity index (χ1) is 17.3. The number of rotatable bonds is 1. The van der Waals surface area contributed by atoms with Crippen LogP contribution >= 0.6 is 0 Å². The lowest BCUT2D eigenvalue weighted by Gasteiger charge is -2.34. The van der Waals surface area contributed by atoms with Crippen LogP contribution in [0.4, 0.5) is 11.4 Å². The predicted molar refractivity (Wildman–Crippen MR) is 140 cm³/mol. The highest BCUT2D eigenvalue weighted by molar-refractivity contribution is 6.55. The van der Waals surface area contributed by atoms with Crippen molar-refractivity contribution < 1.29 is 14.7 Å². The van der Waals surface area contributed by atoms with Crippen molar-refractivity contribution in [3.8, 4) is 0 Å². The second-order valence-corrected chi connectivity index (χ2v) is 11.1. The maximum Gasteiger partial charge on any atom is 0.237 e.